The first-order valence-electron chi connectivity index (χ1n) is 9.57. The maximum Gasteiger partial charge on any atom is 0.337 e. The van der Waals surface area contributed by atoms with E-state index in [1.54, 1.807) is 30.3 Å². The summed E-state index contributed by atoms with van der Waals surface area (Å²) in [7, 11) is 0. The molecule has 0 fully saturated rings. The van der Waals surface area contributed by atoms with Gasteiger partial charge in [0.25, 0.3) is 0 Å². The van der Waals surface area contributed by atoms with Crippen molar-refractivity contribution in [3.05, 3.63) is 85.3 Å². The molecule has 0 heterocycles. The molecule has 3 aromatic carbocycles. The van der Waals surface area contributed by atoms with E-state index in [0.29, 0.717) is 45.4 Å². The van der Waals surface area contributed by atoms with Gasteiger partial charge in [-0.25, -0.2) is 4.79 Å². The first kappa shape index (κ1) is 24.3. The van der Waals surface area contributed by atoms with Crippen LogP contribution in [0.3, 0.4) is 0 Å². The second-order valence-corrected chi connectivity index (χ2v) is 8.36. The average molecular weight is 515 g/mol. The van der Waals surface area contributed by atoms with E-state index < -0.39 is 5.97 Å². The number of carbonyl (C=O) groups is 1. The van der Waals surface area contributed by atoms with Gasteiger partial charge in [0.2, 0.25) is 0 Å². The van der Waals surface area contributed by atoms with Crippen LogP contribution in [0.4, 0.5) is 5.69 Å². The molecular weight excluding hydrogens is 496 g/mol. The Hall–Kier alpha value is -2.31. The first-order valence-corrected chi connectivity index (χ1v) is 11.1. The Morgan fingerprint density at radius 2 is 1.62 bits per heavy atom. The number of carboxylic acids is 1. The van der Waals surface area contributed by atoms with Crippen molar-refractivity contribution in [2.24, 2.45) is 0 Å². The molecule has 0 spiro atoms. The van der Waals surface area contributed by atoms with E-state index in [4.69, 9.17) is 61.0 Å². The molecule has 0 amide bonds. The summed E-state index contributed by atoms with van der Waals surface area (Å²) >= 11 is 24.5. The summed E-state index contributed by atoms with van der Waals surface area (Å²) in [5.74, 6) is -0.139. The summed E-state index contributed by atoms with van der Waals surface area (Å²) in [6, 6.07) is 13.5. The summed E-state index contributed by atoms with van der Waals surface area (Å²) in [6.45, 7) is 2.95. The number of anilines is 1. The van der Waals surface area contributed by atoms with E-state index >= 15 is 0 Å². The van der Waals surface area contributed by atoms with Gasteiger partial charge in [0.1, 0.15) is 6.61 Å². The van der Waals surface area contributed by atoms with Gasteiger partial charge in [-0.1, -0.05) is 52.5 Å². The van der Waals surface area contributed by atoms with Gasteiger partial charge in [-0.05, 0) is 60.5 Å². The fourth-order valence-corrected chi connectivity index (χ4v) is 3.78. The molecule has 0 aliphatic rings. The molecule has 0 aromatic heterocycles. The van der Waals surface area contributed by atoms with Gasteiger partial charge in [-0.15, -0.1) is 0 Å². The van der Waals surface area contributed by atoms with Gasteiger partial charge in [0.05, 0.1) is 32.3 Å². The molecule has 3 rings (SSSR count). The highest BCUT2D eigenvalue weighted by atomic mass is 35.5. The molecule has 3 aromatic rings. The third-order valence-corrected chi connectivity index (χ3v) is 5.76. The van der Waals surface area contributed by atoms with Gasteiger partial charge in [0, 0.05) is 12.2 Å². The lowest BCUT2D eigenvalue weighted by molar-refractivity contribution is 0.0697. The lowest BCUT2D eigenvalue weighted by Crippen LogP contribution is -2.04. The molecule has 0 aliphatic heterocycles. The van der Waals surface area contributed by atoms with Crippen LogP contribution in [-0.2, 0) is 13.2 Å². The van der Waals surface area contributed by atoms with Crippen LogP contribution in [0.25, 0.3) is 0 Å². The van der Waals surface area contributed by atoms with Crippen LogP contribution < -0.4 is 14.8 Å². The Labute approximate surface area is 205 Å². The number of benzene rings is 3. The second kappa shape index (κ2) is 11.0. The molecular formula is C23H19Cl4NO4. The van der Waals surface area contributed by atoms with Crippen LogP contribution in [0.5, 0.6) is 11.5 Å². The number of ether oxygens (including phenoxy) is 2. The zero-order valence-electron chi connectivity index (χ0n) is 16.9. The highest BCUT2D eigenvalue weighted by molar-refractivity contribution is 6.42. The number of nitrogens with one attached hydrogen (secondary N) is 1. The number of aromatic carboxylic acids is 1. The van der Waals surface area contributed by atoms with Crippen LogP contribution in [0.15, 0.2) is 48.5 Å². The van der Waals surface area contributed by atoms with E-state index in [1.807, 2.05) is 19.1 Å². The largest absolute Gasteiger partial charge is 0.490 e. The second-order valence-electron chi connectivity index (χ2n) is 6.73. The normalized spacial score (nSPS) is 10.7. The number of hydrogen-bond acceptors (Lipinski definition) is 4. The fraction of sp³-hybridized carbons (Fsp3) is 0.174. The predicted molar refractivity (Wildman–Crippen MR) is 129 cm³/mol. The third kappa shape index (κ3) is 6.14. The van der Waals surface area contributed by atoms with Crippen LogP contribution >= 0.6 is 46.4 Å². The molecule has 0 saturated heterocycles. The highest BCUT2D eigenvalue weighted by Crippen LogP contribution is 2.38. The van der Waals surface area contributed by atoms with Gasteiger partial charge < -0.3 is 19.9 Å². The third-order valence-electron chi connectivity index (χ3n) is 4.43. The summed E-state index contributed by atoms with van der Waals surface area (Å²) in [6.07, 6.45) is 0. The van der Waals surface area contributed by atoms with E-state index in [1.165, 1.54) is 6.07 Å². The molecule has 0 saturated carbocycles. The average Bonchev–Trinajstić information content (AvgIpc) is 2.74. The van der Waals surface area contributed by atoms with Crippen molar-refractivity contribution in [3.8, 4) is 11.5 Å². The molecule has 168 valence electrons. The first-order chi connectivity index (χ1) is 15.3. The summed E-state index contributed by atoms with van der Waals surface area (Å²) in [5, 5.41) is 13.7. The number of carboxylic acid groups (broad SMARTS) is 1. The van der Waals surface area contributed by atoms with Crippen molar-refractivity contribution < 1.29 is 19.4 Å². The zero-order valence-corrected chi connectivity index (χ0v) is 19.9. The predicted octanol–water partition coefficient (Wildman–Crippen LogP) is 7.59. The smallest absolute Gasteiger partial charge is 0.337 e. The standard InChI is InChI=1S/C23H19Cl4NO4/c1-2-31-21-9-14(11-28-15-4-5-16(23(29)30)18(25)10-15)8-20(27)22(21)32-12-13-3-6-17(24)19(26)7-13/h3-10,28H,2,11-12H2,1H3,(H,29,30). The van der Waals surface area contributed by atoms with Gasteiger partial charge >= 0.3 is 5.97 Å². The molecule has 32 heavy (non-hydrogen) atoms. The Morgan fingerprint density at radius 3 is 2.28 bits per heavy atom. The Morgan fingerprint density at radius 1 is 0.875 bits per heavy atom. The molecule has 2 N–H and O–H groups in total. The fourth-order valence-electron chi connectivity index (χ4n) is 2.91. The van der Waals surface area contributed by atoms with Gasteiger partial charge in [-0.2, -0.15) is 0 Å². The molecule has 0 bridgehead atoms. The SMILES string of the molecule is CCOc1cc(CNc2ccc(C(=O)O)c(Cl)c2)cc(Cl)c1OCc1ccc(Cl)c(Cl)c1. The Kier molecular flexibility index (Phi) is 8.38. The molecule has 0 unspecified atom stereocenters. The summed E-state index contributed by atoms with van der Waals surface area (Å²) in [5.41, 5.74) is 2.40. The van der Waals surface area contributed by atoms with Gasteiger partial charge in [-0.3, -0.25) is 0 Å². The lowest BCUT2D eigenvalue weighted by atomic mass is 10.1. The van der Waals surface area contributed by atoms with Crippen molar-refractivity contribution in [2.45, 2.75) is 20.1 Å². The Balaban J connectivity index is 1.75. The van der Waals surface area contributed by atoms with Crippen LogP contribution in [0.2, 0.25) is 20.1 Å². The number of rotatable bonds is 9. The molecule has 0 aliphatic carbocycles. The van der Waals surface area contributed by atoms with Crippen molar-refractivity contribution >= 4 is 58.1 Å². The topological polar surface area (TPSA) is 67.8 Å². The Bertz CT molecular complexity index is 1140. The molecule has 9 heteroatoms. The molecule has 0 radical (unpaired) electrons. The van der Waals surface area contributed by atoms with Gasteiger partial charge in [0.15, 0.2) is 11.5 Å². The minimum atomic E-state index is -1.08. The lowest BCUT2D eigenvalue weighted by Gasteiger charge is -2.16. The van der Waals surface area contributed by atoms with Crippen LogP contribution in [0, 0.1) is 0 Å². The van der Waals surface area contributed by atoms with Crippen molar-refractivity contribution in [1.82, 2.24) is 0 Å². The van der Waals surface area contributed by atoms with E-state index in [0.717, 1.165) is 11.1 Å². The monoisotopic (exact) mass is 513 g/mol. The quantitative estimate of drug-likeness (QED) is 0.308. The minimum Gasteiger partial charge on any atom is -0.490 e. The van der Waals surface area contributed by atoms with Crippen molar-refractivity contribution in [3.63, 3.8) is 0 Å². The molecule has 0 atom stereocenters. The van der Waals surface area contributed by atoms with Crippen LogP contribution in [0.1, 0.15) is 28.4 Å². The number of halogens is 4. The van der Waals surface area contributed by atoms with E-state index in [9.17, 15) is 4.79 Å². The highest BCUT2D eigenvalue weighted by Gasteiger charge is 2.14. The van der Waals surface area contributed by atoms with Crippen LogP contribution in [-0.4, -0.2) is 17.7 Å². The molecule has 5 nitrogen and oxygen atoms in total. The van der Waals surface area contributed by atoms with Crippen molar-refractivity contribution in [1.29, 1.82) is 0 Å². The summed E-state index contributed by atoms with van der Waals surface area (Å²) < 4.78 is 11.7. The number of hydrogen-bond donors (Lipinski definition) is 2. The van der Waals surface area contributed by atoms with E-state index in [-0.39, 0.29) is 17.2 Å². The summed E-state index contributed by atoms with van der Waals surface area (Å²) in [4.78, 5) is 11.1. The maximum absolute atomic E-state index is 11.1. The minimum absolute atomic E-state index is 0.0439. The maximum atomic E-state index is 11.1. The zero-order chi connectivity index (χ0) is 23.3. The van der Waals surface area contributed by atoms with E-state index in [2.05, 4.69) is 5.32 Å². The van der Waals surface area contributed by atoms with Crippen molar-refractivity contribution in [2.75, 3.05) is 11.9 Å².